The SMILES string of the molecule is N#C/C(=C/Nc1cc(Cl)ccc1Cl)C(=O)Nc1ccc(N)cc1. The van der Waals surface area contributed by atoms with Crippen LogP contribution in [-0.2, 0) is 4.79 Å². The number of anilines is 3. The van der Waals surface area contributed by atoms with Gasteiger partial charge in [0.15, 0.2) is 0 Å². The Labute approximate surface area is 143 Å². The van der Waals surface area contributed by atoms with E-state index in [2.05, 4.69) is 10.6 Å². The fraction of sp³-hybridized carbons (Fsp3) is 0. The third kappa shape index (κ3) is 4.65. The number of benzene rings is 2. The number of halogens is 2. The van der Waals surface area contributed by atoms with Crippen LogP contribution in [0.5, 0.6) is 0 Å². The van der Waals surface area contributed by atoms with Gasteiger partial charge in [0.2, 0.25) is 0 Å². The molecule has 0 heterocycles. The number of nitriles is 1. The van der Waals surface area contributed by atoms with Crippen molar-refractivity contribution in [3.63, 3.8) is 0 Å². The number of hydrogen-bond acceptors (Lipinski definition) is 4. The monoisotopic (exact) mass is 346 g/mol. The summed E-state index contributed by atoms with van der Waals surface area (Å²) in [5, 5.41) is 15.4. The highest BCUT2D eigenvalue weighted by Gasteiger charge is 2.09. The van der Waals surface area contributed by atoms with Gasteiger partial charge in [-0.15, -0.1) is 0 Å². The lowest BCUT2D eigenvalue weighted by atomic mass is 10.2. The van der Waals surface area contributed by atoms with Crippen LogP contribution >= 0.6 is 23.2 Å². The minimum absolute atomic E-state index is 0.113. The van der Waals surface area contributed by atoms with E-state index >= 15 is 0 Å². The lowest BCUT2D eigenvalue weighted by molar-refractivity contribution is -0.112. The zero-order valence-electron chi connectivity index (χ0n) is 11.8. The molecule has 116 valence electrons. The quantitative estimate of drug-likeness (QED) is 0.442. The predicted octanol–water partition coefficient (Wildman–Crippen LogP) is 4.03. The smallest absolute Gasteiger partial charge is 0.267 e. The van der Waals surface area contributed by atoms with Crippen molar-refractivity contribution in [2.45, 2.75) is 0 Å². The van der Waals surface area contributed by atoms with Crippen LogP contribution in [0.25, 0.3) is 0 Å². The third-order valence-corrected chi connectivity index (χ3v) is 3.40. The van der Waals surface area contributed by atoms with Gasteiger partial charge >= 0.3 is 0 Å². The Hall–Kier alpha value is -2.68. The molecule has 23 heavy (non-hydrogen) atoms. The summed E-state index contributed by atoms with van der Waals surface area (Å²) in [4.78, 5) is 12.1. The fourth-order valence-corrected chi connectivity index (χ4v) is 2.02. The largest absolute Gasteiger partial charge is 0.399 e. The molecule has 0 aliphatic carbocycles. The molecule has 0 aromatic heterocycles. The lowest BCUT2D eigenvalue weighted by Gasteiger charge is -2.07. The maximum Gasteiger partial charge on any atom is 0.267 e. The third-order valence-electron chi connectivity index (χ3n) is 2.83. The Morgan fingerprint density at radius 1 is 1.17 bits per heavy atom. The van der Waals surface area contributed by atoms with Crippen LogP contribution in [0.4, 0.5) is 17.1 Å². The summed E-state index contributed by atoms with van der Waals surface area (Å²) < 4.78 is 0. The first kappa shape index (κ1) is 16.7. The first-order valence-corrected chi connectivity index (χ1v) is 7.24. The molecule has 0 atom stereocenters. The first-order valence-electron chi connectivity index (χ1n) is 6.48. The van der Waals surface area contributed by atoms with E-state index in [4.69, 9.17) is 34.2 Å². The van der Waals surface area contributed by atoms with Gasteiger partial charge in [-0.3, -0.25) is 4.79 Å². The predicted molar refractivity (Wildman–Crippen MR) is 93.3 cm³/mol. The van der Waals surface area contributed by atoms with E-state index in [9.17, 15) is 4.79 Å². The molecule has 0 spiro atoms. The average Bonchev–Trinajstić information content (AvgIpc) is 2.53. The van der Waals surface area contributed by atoms with Gasteiger partial charge in [-0.2, -0.15) is 5.26 Å². The van der Waals surface area contributed by atoms with Crippen molar-refractivity contribution in [1.82, 2.24) is 0 Å². The number of carbonyl (C=O) groups is 1. The number of nitrogens with one attached hydrogen (secondary N) is 2. The van der Waals surface area contributed by atoms with Crippen LogP contribution in [0.3, 0.4) is 0 Å². The van der Waals surface area contributed by atoms with E-state index in [1.807, 2.05) is 6.07 Å². The van der Waals surface area contributed by atoms with Gasteiger partial charge in [0.25, 0.3) is 5.91 Å². The Kier molecular flexibility index (Phi) is 5.47. The van der Waals surface area contributed by atoms with Crippen molar-refractivity contribution >= 4 is 46.2 Å². The van der Waals surface area contributed by atoms with Gasteiger partial charge < -0.3 is 16.4 Å². The van der Waals surface area contributed by atoms with E-state index in [1.54, 1.807) is 42.5 Å². The van der Waals surface area contributed by atoms with Gasteiger partial charge in [-0.1, -0.05) is 23.2 Å². The van der Waals surface area contributed by atoms with Crippen molar-refractivity contribution in [3.8, 4) is 6.07 Å². The van der Waals surface area contributed by atoms with Crippen molar-refractivity contribution in [3.05, 3.63) is 64.3 Å². The molecular weight excluding hydrogens is 335 g/mol. The number of rotatable bonds is 4. The van der Waals surface area contributed by atoms with Crippen LogP contribution in [0.2, 0.25) is 10.0 Å². The molecule has 0 saturated heterocycles. The molecule has 0 bridgehead atoms. The standard InChI is InChI=1S/C16H12Cl2N4O/c17-11-1-6-14(18)15(7-11)21-9-10(8-19)16(23)22-13-4-2-12(20)3-5-13/h1-7,9,21H,20H2,(H,22,23)/b10-9-. The molecule has 7 heteroatoms. The number of carbonyl (C=O) groups excluding carboxylic acids is 1. The Balaban J connectivity index is 2.12. The summed E-state index contributed by atoms with van der Waals surface area (Å²) >= 11 is 11.9. The normalized spacial score (nSPS) is 10.7. The Bertz CT molecular complexity index is 795. The molecule has 0 radical (unpaired) electrons. The second-order valence-corrected chi connectivity index (χ2v) is 5.36. The van der Waals surface area contributed by atoms with E-state index in [-0.39, 0.29) is 5.57 Å². The van der Waals surface area contributed by atoms with Crippen LogP contribution in [0.1, 0.15) is 0 Å². The van der Waals surface area contributed by atoms with Crippen LogP contribution in [0, 0.1) is 11.3 Å². The number of nitrogens with zero attached hydrogens (tertiary/aromatic N) is 1. The molecule has 2 aromatic rings. The lowest BCUT2D eigenvalue weighted by Crippen LogP contribution is -2.14. The van der Waals surface area contributed by atoms with Crippen molar-refractivity contribution in [1.29, 1.82) is 5.26 Å². The molecule has 0 aliphatic heterocycles. The summed E-state index contributed by atoms with van der Waals surface area (Å²) in [7, 11) is 0. The molecule has 2 aromatic carbocycles. The maximum absolute atomic E-state index is 12.1. The van der Waals surface area contributed by atoms with Crippen LogP contribution in [-0.4, -0.2) is 5.91 Å². The van der Waals surface area contributed by atoms with Gasteiger partial charge in [-0.05, 0) is 42.5 Å². The summed E-state index contributed by atoms with van der Waals surface area (Å²) in [6, 6.07) is 13.2. The zero-order valence-corrected chi connectivity index (χ0v) is 13.3. The molecule has 0 saturated carbocycles. The number of nitrogens with two attached hydrogens (primary N) is 1. The molecular formula is C16H12Cl2N4O. The van der Waals surface area contributed by atoms with E-state index in [1.165, 1.54) is 6.20 Å². The molecule has 4 N–H and O–H groups in total. The second-order valence-electron chi connectivity index (χ2n) is 4.51. The van der Waals surface area contributed by atoms with Crippen molar-refractivity contribution in [2.24, 2.45) is 0 Å². The highest BCUT2D eigenvalue weighted by molar-refractivity contribution is 6.35. The van der Waals surface area contributed by atoms with Crippen molar-refractivity contribution < 1.29 is 4.79 Å². The molecule has 1 amide bonds. The topological polar surface area (TPSA) is 90.9 Å². The highest BCUT2D eigenvalue weighted by atomic mass is 35.5. The summed E-state index contributed by atoms with van der Waals surface area (Å²) in [6.07, 6.45) is 1.27. The number of amides is 1. The molecule has 5 nitrogen and oxygen atoms in total. The molecule has 0 unspecified atom stereocenters. The number of nitrogen functional groups attached to an aromatic ring is 1. The van der Waals surface area contributed by atoms with Crippen LogP contribution < -0.4 is 16.4 Å². The van der Waals surface area contributed by atoms with Crippen molar-refractivity contribution in [2.75, 3.05) is 16.4 Å². The first-order chi connectivity index (χ1) is 11.0. The van der Waals surface area contributed by atoms with E-state index in [0.717, 1.165) is 0 Å². The molecule has 0 aliphatic rings. The highest BCUT2D eigenvalue weighted by Crippen LogP contribution is 2.25. The molecule has 2 rings (SSSR count). The van der Waals surface area contributed by atoms with Gasteiger partial charge in [0.05, 0.1) is 10.7 Å². The fourth-order valence-electron chi connectivity index (χ4n) is 1.67. The minimum atomic E-state index is -0.553. The Morgan fingerprint density at radius 2 is 1.87 bits per heavy atom. The van der Waals surface area contributed by atoms with Gasteiger partial charge in [0, 0.05) is 22.6 Å². The average molecular weight is 347 g/mol. The van der Waals surface area contributed by atoms with Crippen LogP contribution in [0.15, 0.2) is 54.2 Å². The summed E-state index contributed by atoms with van der Waals surface area (Å²) in [5.74, 6) is -0.553. The second kappa shape index (κ2) is 7.54. The van der Waals surface area contributed by atoms with Gasteiger partial charge in [-0.25, -0.2) is 0 Å². The molecule has 0 fully saturated rings. The zero-order chi connectivity index (χ0) is 16.8. The van der Waals surface area contributed by atoms with E-state index in [0.29, 0.717) is 27.1 Å². The maximum atomic E-state index is 12.1. The summed E-state index contributed by atoms with van der Waals surface area (Å²) in [5.41, 5.74) is 7.07. The van der Waals surface area contributed by atoms with Gasteiger partial charge in [0.1, 0.15) is 11.6 Å². The Morgan fingerprint density at radius 3 is 2.52 bits per heavy atom. The van der Waals surface area contributed by atoms with E-state index < -0.39 is 5.91 Å². The summed E-state index contributed by atoms with van der Waals surface area (Å²) in [6.45, 7) is 0. The number of hydrogen-bond donors (Lipinski definition) is 3. The minimum Gasteiger partial charge on any atom is -0.399 e.